The fourth-order valence-electron chi connectivity index (χ4n) is 2.52. The van der Waals surface area contributed by atoms with Crippen molar-refractivity contribution in [1.29, 1.82) is 0 Å². The van der Waals surface area contributed by atoms with Crippen LogP contribution in [-0.2, 0) is 0 Å². The van der Waals surface area contributed by atoms with Crippen LogP contribution in [0.15, 0.2) is 0 Å². The average molecular weight is 156 g/mol. The molecule has 0 bridgehead atoms. The minimum Gasteiger partial charge on any atom is -0.324 e. The molecule has 0 aromatic rings. The third kappa shape index (κ3) is 1.31. The van der Waals surface area contributed by atoms with E-state index in [-0.39, 0.29) is 0 Å². The van der Waals surface area contributed by atoms with E-state index in [2.05, 4.69) is 34.9 Å². The summed E-state index contributed by atoms with van der Waals surface area (Å²) in [6.45, 7) is 7.09. The Labute approximate surface area is 71.0 Å². The molecule has 3 unspecified atom stereocenters. The van der Waals surface area contributed by atoms with E-state index < -0.39 is 0 Å². The molecule has 3 atom stereocenters. The van der Waals surface area contributed by atoms with Crippen molar-refractivity contribution in [2.45, 2.75) is 45.7 Å². The number of quaternary nitrogens is 1. The van der Waals surface area contributed by atoms with E-state index in [0.717, 1.165) is 18.0 Å². The zero-order valence-electron chi connectivity index (χ0n) is 8.59. The second kappa shape index (κ2) is 2.78. The normalized spacial score (nSPS) is 42.8. The molecule has 0 amide bonds. The SMILES string of the molecule is CCC1CC(C)C(C)[N+]1(C)C. The minimum atomic E-state index is 0.847. The summed E-state index contributed by atoms with van der Waals surface area (Å²) in [5.74, 6) is 0.912. The predicted molar refractivity (Wildman–Crippen MR) is 49.4 cm³/mol. The molecule has 0 spiro atoms. The first kappa shape index (κ1) is 9.05. The van der Waals surface area contributed by atoms with Crippen molar-refractivity contribution in [3.63, 3.8) is 0 Å². The molecule has 1 rings (SSSR count). The standard InChI is InChI=1S/C10H22N/c1-6-10-7-8(2)9(3)11(10,4)5/h8-10H,6-7H2,1-5H3/q+1. The molecule has 1 heterocycles. The van der Waals surface area contributed by atoms with Crippen LogP contribution in [0.25, 0.3) is 0 Å². The molecule has 1 aliphatic rings. The summed E-state index contributed by atoms with van der Waals surface area (Å²) in [6.07, 6.45) is 2.76. The highest BCUT2D eigenvalue weighted by Crippen LogP contribution is 2.34. The quantitative estimate of drug-likeness (QED) is 0.511. The van der Waals surface area contributed by atoms with E-state index in [4.69, 9.17) is 0 Å². The monoisotopic (exact) mass is 156 g/mol. The van der Waals surface area contributed by atoms with E-state index in [1.165, 1.54) is 17.3 Å². The van der Waals surface area contributed by atoms with Gasteiger partial charge in [0.05, 0.1) is 26.2 Å². The van der Waals surface area contributed by atoms with Crippen LogP contribution in [0, 0.1) is 5.92 Å². The highest BCUT2D eigenvalue weighted by Gasteiger charge is 2.43. The Morgan fingerprint density at radius 3 is 2.00 bits per heavy atom. The number of hydrogen-bond acceptors (Lipinski definition) is 0. The highest BCUT2D eigenvalue weighted by molar-refractivity contribution is 4.76. The van der Waals surface area contributed by atoms with Gasteiger partial charge in [-0.1, -0.05) is 13.8 Å². The van der Waals surface area contributed by atoms with Crippen LogP contribution in [0.2, 0.25) is 0 Å². The molecule has 66 valence electrons. The number of rotatable bonds is 1. The number of hydrogen-bond donors (Lipinski definition) is 0. The molecule has 0 aromatic heterocycles. The summed E-state index contributed by atoms with van der Waals surface area (Å²) in [7, 11) is 4.75. The van der Waals surface area contributed by atoms with E-state index in [1.807, 2.05) is 0 Å². The van der Waals surface area contributed by atoms with E-state index in [1.54, 1.807) is 0 Å². The van der Waals surface area contributed by atoms with E-state index in [0.29, 0.717) is 0 Å². The maximum absolute atomic E-state index is 2.39. The molecule has 0 aliphatic carbocycles. The Hall–Kier alpha value is -0.0400. The zero-order valence-corrected chi connectivity index (χ0v) is 8.59. The van der Waals surface area contributed by atoms with Gasteiger partial charge < -0.3 is 4.48 Å². The summed E-state index contributed by atoms with van der Waals surface area (Å²) in [6, 6.07) is 1.75. The van der Waals surface area contributed by atoms with Crippen molar-refractivity contribution in [2.75, 3.05) is 14.1 Å². The van der Waals surface area contributed by atoms with Crippen LogP contribution in [-0.4, -0.2) is 30.7 Å². The predicted octanol–water partition coefficient (Wildman–Crippen LogP) is 2.27. The van der Waals surface area contributed by atoms with Gasteiger partial charge in [0.2, 0.25) is 0 Å². The van der Waals surface area contributed by atoms with Gasteiger partial charge in [0.1, 0.15) is 0 Å². The second-order valence-electron chi connectivity index (χ2n) is 4.64. The lowest BCUT2D eigenvalue weighted by Gasteiger charge is -2.36. The molecule has 1 nitrogen and oxygen atoms in total. The number of nitrogens with zero attached hydrogens (tertiary/aromatic N) is 1. The fourth-order valence-corrected chi connectivity index (χ4v) is 2.52. The smallest absolute Gasteiger partial charge is 0.0890 e. The summed E-state index contributed by atoms with van der Waals surface area (Å²) in [4.78, 5) is 0. The Bertz CT molecular complexity index is 140. The van der Waals surface area contributed by atoms with Gasteiger partial charge in [-0.2, -0.15) is 0 Å². The van der Waals surface area contributed by atoms with Gasteiger partial charge in [0, 0.05) is 12.3 Å². The number of likely N-dealkylation sites (tertiary alicyclic amines) is 1. The summed E-state index contributed by atoms with van der Waals surface area (Å²) >= 11 is 0. The molecule has 0 aromatic carbocycles. The van der Waals surface area contributed by atoms with Gasteiger partial charge in [0.15, 0.2) is 0 Å². The van der Waals surface area contributed by atoms with Crippen LogP contribution >= 0.6 is 0 Å². The summed E-state index contributed by atoms with van der Waals surface area (Å²) in [5, 5.41) is 0. The molecular formula is C10H22N+. The zero-order chi connectivity index (χ0) is 8.65. The maximum Gasteiger partial charge on any atom is 0.0890 e. The van der Waals surface area contributed by atoms with E-state index >= 15 is 0 Å². The lowest BCUT2D eigenvalue weighted by atomic mass is 10.0. The van der Waals surface area contributed by atoms with Crippen molar-refractivity contribution in [3.05, 3.63) is 0 Å². The van der Waals surface area contributed by atoms with Crippen molar-refractivity contribution < 1.29 is 4.48 Å². The van der Waals surface area contributed by atoms with Crippen LogP contribution in [0.1, 0.15) is 33.6 Å². The van der Waals surface area contributed by atoms with Gasteiger partial charge in [0.25, 0.3) is 0 Å². The molecule has 0 N–H and O–H groups in total. The first-order valence-corrected chi connectivity index (χ1v) is 4.83. The lowest BCUT2D eigenvalue weighted by Crippen LogP contribution is -2.49. The largest absolute Gasteiger partial charge is 0.324 e. The van der Waals surface area contributed by atoms with Crippen molar-refractivity contribution in [1.82, 2.24) is 0 Å². The lowest BCUT2D eigenvalue weighted by molar-refractivity contribution is -0.925. The van der Waals surface area contributed by atoms with Crippen molar-refractivity contribution >= 4 is 0 Å². The maximum atomic E-state index is 2.39. The molecule has 0 radical (unpaired) electrons. The summed E-state index contributed by atoms with van der Waals surface area (Å²) < 4.78 is 1.23. The molecule has 1 saturated heterocycles. The topological polar surface area (TPSA) is 0 Å². The van der Waals surface area contributed by atoms with Gasteiger partial charge >= 0.3 is 0 Å². The average Bonchev–Trinajstić information content (AvgIpc) is 2.13. The fraction of sp³-hybridized carbons (Fsp3) is 1.00. The minimum absolute atomic E-state index is 0.847. The third-order valence-corrected chi connectivity index (χ3v) is 3.93. The van der Waals surface area contributed by atoms with Crippen LogP contribution < -0.4 is 0 Å². The molecule has 1 fully saturated rings. The summed E-state index contributed by atoms with van der Waals surface area (Å²) in [5.41, 5.74) is 0. The van der Waals surface area contributed by atoms with Crippen LogP contribution in [0.5, 0.6) is 0 Å². The Balaban J connectivity index is 2.74. The Morgan fingerprint density at radius 1 is 1.27 bits per heavy atom. The Kier molecular flexibility index (Phi) is 2.29. The van der Waals surface area contributed by atoms with Crippen molar-refractivity contribution in [3.8, 4) is 0 Å². The van der Waals surface area contributed by atoms with Gasteiger partial charge in [-0.25, -0.2) is 0 Å². The van der Waals surface area contributed by atoms with Crippen LogP contribution in [0.3, 0.4) is 0 Å². The van der Waals surface area contributed by atoms with Gasteiger partial charge in [-0.05, 0) is 13.3 Å². The van der Waals surface area contributed by atoms with E-state index in [9.17, 15) is 0 Å². The molecule has 1 heteroatoms. The molecular weight excluding hydrogens is 134 g/mol. The first-order valence-electron chi connectivity index (χ1n) is 4.83. The van der Waals surface area contributed by atoms with Crippen LogP contribution in [0.4, 0.5) is 0 Å². The molecule has 11 heavy (non-hydrogen) atoms. The second-order valence-corrected chi connectivity index (χ2v) is 4.64. The van der Waals surface area contributed by atoms with Crippen molar-refractivity contribution in [2.24, 2.45) is 5.92 Å². The molecule has 0 saturated carbocycles. The highest BCUT2D eigenvalue weighted by atomic mass is 15.4. The first-order chi connectivity index (χ1) is 5.00. The Morgan fingerprint density at radius 2 is 1.82 bits per heavy atom. The third-order valence-electron chi connectivity index (χ3n) is 3.93. The van der Waals surface area contributed by atoms with Gasteiger partial charge in [-0.3, -0.25) is 0 Å². The molecule has 1 aliphatic heterocycles. The van der Waals surface area contributed by atoms with Gasteiger partial charge in [-0.15, -0.1) is 0 Å².